The Morgan fingerprint density at radius 1 is 0.929 bits per heavy atom. The Morgan fingerprint density at radius 2 is 1.71 bits per heavy atom. The molecule has 0 saturated carbocycles. The lowest BCUT2D eigenvalue weighted by molar-refractivity contribution is -0.141. The fourth-order valence-electron chi connectivity index (χ4n) is 4.83. The Labute approximate surface area is 161 Å². The second kappa shape index (κ2) is 5.70. The smallest absolute Gasteiger partial charge is 0.310 e. The molecule has 3 atom stereocenters. The van der Waals surface area contributed by atoms with Gasteiger partial charge in [0.25, 0.3) is 0 Å². The molecule has 4 aliphatic rings. The van der Waals surface area contributed by atoms with Crippen LogP contribution in [0, 0.1) is 11.8 Å². The Bertz CT molecular complexity index is 999. The Kier molecular flexibility index (Phi) is 3.24. The van der Waals surface area contributed by atoms with Gasteiger partial charge in [-0.2, -0.15) is 0 Å². The summed E-state index contributed by atoms with van der Waals surface area (Å²) in [5.74, 6) is 2.83. The predicted molar refractivity (Wildman–Crippen MR) is 95.2 cm³/mol. The summed E-state index contributed by atoms with van der Waals surface area (Å²) in [4.78, 5) is 12.7. The zero-order valence-corrected chi connectivity index (χ0v) is 15.2. The van der Waals surface area contributed by atoms with Gasteiger partial charge in [0, 0.05) is 11.8 Å². The Balaban J connectivity index is 1.56. The summed E-state index contributed by atoms with van der Waals surface area (Å²) in [6.07, 6.45) is 0.778. The fraction of sp³-hybridized carbons (Fsp3) is 0.381. The van der Waals surface area contributed by atoms with E-state index >= 15 is 0 Å². The van der Waals surface area contributed by atoms with Crippen molar-refractivity contribution in [3.8, 4) is 28.7 Å². The number of esters is 1. The number of benzene rings is 2. The zero-order chi connectivity index (χ0) is 18.8. The minimum absolute atomic E-state index is 0.127. The van der Waals surface area contributed by atoms with Crippen LogP contribution in [0.1, 0.15) is 22.6 Å². The van der Waals surface area contributed by atoms with Gasteiger partial charge < -0.3 is 28.4 Å². The molecule has 0 unspecified atom stereocenters. The molecule has 0 amide bonds. The molecule has 28 heavy (non-hydrogen) atoms. The second-order valence-electron chi connectivity index (χ2n) is 7.46. The van der Waals surface area contributed by atoms with Gasteiger partial charge in [0.1, 0.15) is 0 Å². The number of ether oxygens (including phenoxy) is 6. The van der Waals surface area contributed by atoms with Crippen molar-refractivity contribution in [2.45, 2.75) is 12.3 Å². The molecule has 1 aliphatic carbocycles. The van der Waals surface area contributed by atoms with Crippen LogP contribution in [0.25, 0.3) is 0 Å². The quantitative estimate of drug-likeness (QED) is 0.740. The van der Waals surface area contributed by atoms with E-state index in [1.807, 2.05) is 24.3 Å². The van der Waals surface area contributed by atoms with Crippen molar-refractivity contribution in [3.05, 3.63) is 41.0 Å². The molecule has 1 fully saturated rings. The average Bonchev–Trinajstić information content (AvgIpc) is 3.43. The van der Waals surface area contributed by atoms with E-state index in [0.717, 1.165) is 28.9 Å². The van der Waals surface area contributed by atoms with E-state index in [1.54, 1.807) is 7.11 Å². The molecule has 0 radical (unpaired) electrons. The standard InChI is InChI=1S/C21H18O7/c1-23-16-4-11(5-17-20(16)28-9-27-17)18-13-6-15-14(25-8-26-15)3-10(13)2-12-7-24-21(22)19(12)18/h3-6,12,18-19H,2,7-9H2,1H3/t12-,18+,19+/m0/s1. The first kappa shape index (κ1) is 15.9. The van der Waals surface area contributed by atoms with Crippen LogP contribution >= 0.6 is 0 Å². The van der Waals surface area contributed by atoms with Gasteiger partial charge in [0.2, 0.25) is 19.3 Å². The van der Waals surface area contributed by atoms with Crippen LogP contribution in [0.5, 0.6) is 28.7 Å². The predicted octanol–water partition coefficient (Wildman–Crippen LogP) is 2.63. The summed E-state index contributed by atoms with van der Waals surface area (Å²) in [6.45, 7) is 0.814. The lowest BCUT2D eigenvalue weighted by atomic mass is 9.67. The highest BCUT2D eigenvalue weighted by atomic mass is 16.7. The van der Waals surface area contributed by atoms with Crippen molar-refractivity contribution < 1.29 is 33.2 Å². The van der Waals surface area contributed by atoms with E-state index in [0.29, 0.717) is 29.6 Å². The lowest BCUT2D eigenvalue weighted by Crippen LogP contribution is -2.31. The first-order valence-corrected chi connectivity index (χ1v) is 9.29. The van der Waals surface area contributed by atoms with Gasteiger partial charge in [-0.25, -0.2) is 0 Å². The summed E-state index contributed by atoms with van der Waals surface area (Å²) in [7, 11) is 1.60. The minimum atomic E-state index is -0.252. The van der Waals surface area contributed by atoms with Crippen LogP contribution < -0.4 is 23.7 Å². The van der Waals surface area contributed by atoms with Crippen molar-refractivity contribution in [1.82, 2.24) is 0 Å². The number of carbonyl (C=O) groups excluding carboxylic acids is 1. The monoisotopic (exact) mass is 382 g/mol. The van der Waals surface area contributed by atoms with Gasteiger partial charge in [-0.15, -0.1) is 0 Å². The van der Waals surface area contributed by atoms with Gasteiger partial charge in [-0.1, -0.05) is 0 Å². The van der Waals surface area contributed by atoms with Crippen LogP contribution in [0.4, 0.5) is 0 Å². The van der Waals surface area contributed by atoms with E-state index in [-0.39, 0.29) is 37.3 Å². The highest BCUT2D eigenvalue weighted by molar-refractivity contribution is 5.78. The molecule has 0 N–H and O–H groups in total. The normalized spacial score (nSPS) is 25.9. The highest BCUT2D eigenvalue weighted by Gasteiger charge is 2.48. The van der Waals surface area contributed by atoms with Crippen molar-refractivity contribution in [2.75, 3.05) is 27.3 Å². The highest BCUT2D eigenvalue weighted by Crippen LogP contribution is 2.53. The maximum absolute atomic E-state index is 12.7. The SMILES string of the molecule is COc1cc([C@@H]2c3cc4c(cc3C[C@H]3COC(=O)[C@H]32)OCO4)cc2c1OCO2. The third-order valence-electron chi connectivity index (χ3n) is 6.07. The van der Waals surface area contributed by atoms with Crippen LogP contribution in [-0.2, 0) is 16.0 Å². The van der Waals surface area contributed by atoms with E-state index in [4.69, 9.17) is 28.4 Å². The topological polar surface area (TPSA) is 72.5 Å². The van der Waals surface area contributed by atoms with Gasteiger partial charge in [0.05, 0.1) is 19.6 Å². The number of hydrogen-bond donors (Lipinski definition) is 0. The summed E-state index contributed by atoms with van der Waals surface area (Å²) < 4.78 is 33.3. The summed E-state index contributed by atoms with van der Waals surface area (Å²) in [6, 6.07) is 7.91. The molecule has 3 heterocycles. The largest absolute Gasteiger partial charge is 0.493 e. The second-order valence-corrected chi connectivity index (χ2v) is 7.46. The molecule has 2 aromatic rings. The number of fused-ring (bicyclic) bond motifs is 4. The molecule has 7 nitrogen and oxygen atoms in total. The van der Waals surface area contributed by atoms with Crippen LogP contribution in [0.3, 0.4) is 0 Å². The number of carbonyl (C=O) groups is 1. The third kappa shape index (κ3) is 2.13. The third-order valence-corrected chi connectivity index (χ3v) is 6.07. The van der Waals surface area contributed by atoms with E-state index in [2.05, 4.69) is 0 Å². The zero-order valence-electron chi connectivity index (χ0n) is 15.2. The van der Waals surface area contributed by atoms with Crippen LogP contribution in [-0.4, -0.2) is 33.3 Å². The van der Waals surface area contributed by atoms with Gasteiger partial charge in [-0.05, 0) is 47.4 Å². The molecule has 0 aromatic heterocycles. The lowest BCUT2D eigenvalue weighted by Gasteiger charge is -2.33. The summed E-state index contributed by atoms with van der Waals surface area (Å²) in [5.41, 5.74) is 3.16. The van der Waals surface area contributed by atoms with E-state index in [9.17, 15) is 4.79 Å². The van der Waals surface area contributed by atoms with Crippen molar-refractivity contribution in [2.24, 2.45) is 11.8 Å². The molecule has 144 valence electrons. The number of cyclic esters (lactones) is 1. The number of hydrogen-bond acceptors (Lipinski definition) is 7. The first-order valence-electron chi connectivity index (χ1n) is 9.29. The van der Waals surface area contributed by atoms with E-state index < -0.39 is 0 Å². The number of methoxy groups -OCH3 is 1. The van der Waals surface area contributed by atoms with Crippen molar-refractivity contribution >= 4 is 5.97 Å². The summed E-state index contributed by atoms with van der Waals surface area (Å²) in [5, 5.41) is 0. The molecule has 3 aliphatic heterocycles. The van der Waals surface area contributed by atoms with E-state index in [1.165, 1.54) is 0 Å². The fourth-order valence-corrected chi connectivity index (χ4v) is 4.83. The summed E-state index contributed by atoms with van der Waals surface area (Å²) >= 11 is 0. The molecule has 2 aromatic carbocycles. The molecular weight excluding hydrogens is 364 g/mol. The molecule has 0 bridgehead atoms. The maximum atomic E-state index is 12.7. The van der Waals surface area contributed by atoms with Crippen molar-refractivity contribution in [3.63, 3.8) is 0 Å². The Hall–Kier alpha value is -3.09. The first-order chi connectivity index (χ1) is 13.7. The molecular formula is C21H18O7. The average molecular weight is 382 g/mol. The minimum Gasteiger partial charge on any atom is -0.493 e. The molecule has 6 rings (SSSR count). The number of rotatable bonds is 2. The maximum Gasteiger partial charge on any atom is 0.310 e. The van der Waals surface area contributed by atoms with Crippen LogP contribution in [0.15, 0.2) is 24.3 Å². The van der Waals surface area contributed by atoms with Crippen molar-refractivity contribution in [1.29, 1.82) is 0 Å². The molecule has 0 spiro atoms. The van der Waals surface area contributed by atoms with Gasteiger partial charge >= 0.3 is 5.97 Å². The Morgan fingerprint density at radius 3 is 2.57 bits per heavy atom. The van der Waals surface area contributed by atoms with Gasteiger partial charge in [0.15, 0.2) is 23.0 Å². The van der Waals surface area contributed by atoms with Crippen LogP contribution in [0.2, 0.25) is 0 Å². The van der Waals surface area contributed by atoms with Gasteiger partial charge in [-0.3, -0.25) is 4.79 Å². The molecule has 1 saturated heterocycles. The molecule has 7 heteroatoms.